The molecular formula is C23H23N7O3S. The van der Waals surface area contributed by atoms with Crippen LogP contribution in [0.3, 0.4) is 0 Å². The van der Waals surface area contributed by atoms with Gasteiger partial charge in [-0.1, -0.05) is 18.2 Å². The SMILES string of the molecule is O=S(=O)(O)c1cccc(Nc2nc(CN3CCN(c4ncccn4)CC3)nc3ccccc23)c1. The quantitative estimate of drug-likeness (QED) is 0.401. The van der Waals surface area contributed by atoms with Crippen LogP contribution in [0.4, 0.5) is 17.5 Å². The van der Waals surface area contributed by atoms with Gasteiger partial charge in [0.25, 0.3) is 10.1 Å². The monoisotopic (exact) mass is 477 g/mol. The van der Waals surface area contributed by atoms with Crippen LogP contribution < -0.4 is 10.2 Å². The maximum absolute atomic E-state index is 11.5. The highest BCUT2D eigenvalue weighted by atomic mass is 32.2. The minimum Gasteiger partial charge on any atom is -0.340 e. The molecule has 11 heteroatoms. The van der Waals surface area contributed by atoms with Crippen molar-refractivity contribution < 1.29 is 13.0 Å². The Hall–Kier alpha value is -3.67. The van der Waals surface area contributed by atoms with Crippen LogP contribution in [0.2, 0.25) is 0 Å². The van der Waals surface area contributed by atoms with Gasteiger partial charge in [0.05, 0.1) is 17.0 Å². The van der Waals surface area contributed by atoms with Crippen molar-refractivity contribution in [3.05, 3.63) is 72.8 Å². The molecule has 0 saturated carbocycles. The maximum Gasteiger partial charge on any atom is 0.294 e. The second-order valence-corrected chi connectivity index (χ2v) is 9.37. The minimum absolute atomic E-state index is 0.184. The van der Waals surface area contributed by atoms with E-state index in [2.05, 4.69) is 25.1 Å². The van der Waals surface area contributed by atoms with Crippen LogP contribution >= 0.6 is 0 Å². The van der Waals surface area contributed by atoms with E-state index in [4.69, 9.17) is 9.97 Å². The van der Waals surface area contributed by atoms with Crippen LogP contribution in [0.25, 0.3) is 10.9 Å². The van der Waals surface area contributed by atoms with Crippen LogP contribution in [0.1, 0.15) is 5.82 Å². The zero-order chi connectivity index (χ0) is 23.5. The molecule has 0 bridgehead atoms. The third-order valence-corrected chi connectivity index (χ3v) is 6.47. The molecule has 10 nitrogen and oxygen atoms in total. The van der Waals surface area contributed by atoms with E-state index in [9.17, 15) is 13.0 Å². The van der Waals surface area contributed by atoms with E-state index in [0.29, 0.717) is 23.9 Å². The van der Waals surface area contributed by atoms with Gasteiger partial charge in [-0.05, 0) is 36.4 Å². The van der Waals surface area contributed by atoms with Crippen molar-refractivity contribution in [1.29, 1.82) is 0 Å². The Morgan fingerprint density at radius 2 is 1.68 bits per heavy atom. The molecule has 1 saturated heterocycles. The van der Waals surface area contributed by atoms with E-state index in [1.807, 2.05) is 24.3 Å². The third-order valence-electron chi connectivity index (χ3n) is 5.62. The molecule has 0 aliphatic carbocycles. The van der Waals surface area contributed by atoms with E-state index >= 15 is 0 Å². The van der Waals surface area contributed by atoms with Crippen molar-refractivity contribution in [3.63, 3.8) is 0 Å². The maximum atomic E-state index is 11.5. The van der Waals surface area contributed by atoms with Gasteiger partial charge in [-0.2, -0.15) is 8.42 Å². The predicted octanol–water partition coefficient (Wildman–Crippen LogP) is 2.73. The minimum atomic E-state index is -4.30. The number of piperazine rings is 1. The van der Waals surface area contributed by atoms with Gasteiger partial charge in [0.1, 0.15) is 11.6 Å². The average Bonchev–Trinajstić information content (AvgIpc) is 2.85. The van der Waals surface area contributed by atoms with Crippen molar-refractivity contribution in [2.75, 3.05) is 36.4 Å². The second kappa shape index (κ2) is 9.29. The molecule has 1 aliphatic heterocycles. The topological polar surface area (TPSA) is 124 Å². The molecule has 2 aromatic carbocycles. The lowest BCUT2D eigenvalue weighted by molar-refractivity contribution is 0.243. The Balaban J connectivity index is 1.36. The van der Waals surface area contributed by atoms with E-state index in [-0.39, 0.29) is 4.90 Å². The molecule has 34 heavy (non-hydrogen) atoms. The molecular weight excluding hydrogens is 454 g/mol. The van der Waals surface area contributed by atoms with Gasteiger partial charge in [-0.15, -0.1) is 0 Å². The first-order valence-corrected chi connectivity index (χ1v) is 12.2. The molecule has 2 N–H and O–H groups in total. The number of nitrogens with one attached hydrogen (secondary N) is 1. The molecule has 0 amide bonds. The number of hydrogen-bond acceptors (Lipinski definition) is 9. The van der Waals surface area contributed by atoms with E-state index in [1.54, 1.807) is 30.6 Å². The molecule has 0 spiro atoms. The van der Waals surface area contributed by atoms with E-state index < -0.39 is 10.1 Å². The molecule has 174 valence electrons. The first kappa shape index (κ1) is 22.1. The number of nitrogens with zero attached hydrogens (tertiary/aromatic N) is 6. The van der Waals surface area contributed by atoms with Crippen molar-refractivity contribution in [2.45, 2.75) is 11.4 Å². The van der Waals surface area contributed by atoms with Crippen LogP contribution in [0.5, 0.6) is 0 Å². The predicted molar refractivity (Wildman–Crippen MR) is 129 cm³/mol. The Morgan fingerprint density at radius 1 is 0.912 bits per heavy atom. The Morgan fingerprint density at radius 3 is 2.44 bits per heavy atom. The number of anilines is 3. The lowest BCUT2D eigenvalue weighted by Gasteiger charge is -2.34. The van der Waals surface area contributed by atoms with Crippen molar-refractivity contribution in [2.24, 2.45) is 0 Å². The van der Waals surface area contributed by atoms with Crippen LogP contribution in [-0.2, 0) is 16.7 Å². The summed E-state index contributed by atoms with van der Waals surface area (Å²) >= 11 is 0. The summed E-state index contributed by atoms with van der Waals surface area (Å²) in [5, 5.41) is 4.01. The van der Waals surface area contributed by atoms with Crippen molar-refractivity contribution >= 4 is 38.5 Å². The van der Waals surface area contributed by atoms with Crippen LogP contribution in [0, 0.1) is 0 Å². The average molecular weight is 478 g/mol. The number of hydrogen-bond donors (Lipinski definition) is 2. The summed E-state index contributed by atoms with van der Waals surface area (Å²) in [5.41, 5.74) is 1.29. The molecule has 1 fully saturated rings. The molecule has 0 unspecified atom stereocenters. The summed E-state index contributed by atoms with van der Waals surface area (Å²) in [4.78, 5) is 22.4. The van der Waals surface area contributed by atoms with Crippen LogP contribution in [0.15, 0.2) is 71.9 Å². The fraction of sp³-hybridized carbons (Fsp3) is 0.217. The standard InChI is InChI=1S/C23H23N7O3S/c31-34(32,33)18-6-3-5-17(15-18)26-22-19-7-1-2-8-20(19)27-21(28-22)16-29-11-13-30(14-12-29)23-24-9-4-10-25-23/h1-10,15H,11-14,16H2,(H,26,27,28)(H,31,32,33). The van der Waals surface area contributed by atoms with Crippen LogP contribution in [-0.4, -0.2) is 64.0 Å². The number of rotatable bonds is 6. The summed E-state index contributed by atoms with van der Waals surface area (Å²) in [7, 11) is -4.30. The zero-order valence-electron chi connectivity index (χ0n) is 18.2. The number of fused-ring (bicyclic) bond motifs is 1. The largest absolute Gasteiger partial charge is 0.340 e. The second-order valence-electron chi connectivity index (χ2n) is 7.95. The Labute approximate surface area is 197 Å². The smallest absolute Gasteiger partial charge is 0.294 e. The lowest BCUT2D eigenvalue weighted by Crippen LogP contribution is -2.46. The van der Waals surface area contributed by atoms with Gasteiger partial charge in [-0.25, -0.2) is 19.9 Å². The van der Waals surface area contributed by atoms with E-state index in [0.717, 1.165) is 43.0 Å². The Kier molecular flexibility index (Phi) is 6.05. The summed E-state index contributed by atoms with van der Waals surface area (Å²) in [5.74, 6) is 1.98. The molecule has 2 aromatic heterocycles. The van der Waals surface area contributed by atoms with Gasteiger partial charge in [-0.3, -0.25) is 9.45 Å². The highest BCUT2D eigenvalue weighted by Crippen LogP contribution is 2.26. The fourth-order valence-electron chi connectivity index (χ4n) is 3.92. The first-order chi connectivity index (χ1) is 16.5. The van der Waals surface area contributed by atoms with Crippen molar-refractivity contribution in [3.8, 4) is 0 Å². The zero-order valence-corrected chi connectivity index (χ0v) is 19.1. The highest BCUT2D eigenvalue weighted by molar-refractivity contribution is 7.85. The molecule has 0 radical (unpaired) electrons. The van der Waals surface area contributed by atoms with E-state index in [1.165, 1.54) is 12.1 Å². The van der Waals surface area contributed by atoms with Gasteiger partial charge >= 0.3 is 0 Å². The number of aromatic nitrogens is 4. The molecule has 5 rings (SSSR count). The van der Waals surface area contributed by atoms with Gasteiger partial charge in [0.2, 0.25) is 5.95 Å². The third kappa shape index (κ3) is 4.96. The van der Waals surface area contributed by atoms with Gasteiger partial charge < -0.3 is 10.2 Å². The summed E-state index contributed by atoms with van der Waals surface area (Å²) in [6, 6.07) is 15.4. The summed E-state index contributed by atoms with van der Waals surface area (Å²) in [6.07, 6.45) is 3.50. The van der Waals surface area contributed by atoms with Crippen molar-refractivity contribution in [1.82, 2.24) is 24.8 Å². The normalized spacial score (nSPS) is 14.9. The molecule has 4 aromatic rings. The molecule has 1 aliphatic rings. The number of benzene rings is 2. The summed E-state index contributed by atoms with van der Waals surface area (Å²) < 4.78 is 32.4. The fourth-order valence-corrected chi connectivity index (χ4v) is 4.45. The molecule has 3 heterocycles. The number of para-hydroxylation sites is 1. The first-order valence-electron chi connectivity index (χ1n) is 10.8. The van der Waals surface area contributed by atoms with Gasteiger partial charge in [0.15, 0.2) is 0 Å². The Bertz CT molecular complexity index is 1410. The summed E-state index contributed by atoms with van der Waals surface area (Å²) in [6.45, 7) is 3.85. The lowest BCUT2D eigenvalue weighted by atomic mass is 10.2. The highest BCUT2D eigenvalue weighted by Gasteiger charge is 2.20. The van der Waals surface area contributed by atoms with Gasteiger partial charge in [0, 0.05) is 49.6 Å². The molecule has 0 atom stereocenters.